The van der Waals surface area contributed by atoms with E-state index in [1.54, 1.807) is 0 Å². The summed E-state index contributed by atoms with van der Waals surface area (Å²) in [7, 11) is 1.97. The average molecular weight is 273 g/mol. The van der Waals surface area contributed by atoms with Crippen LogP contribution in [0, 0.1) is 0 Å². The summed E-state index contributed by atoms with van der Waals surface area (Å²) >= 11 is 0. The molecule has 0 radical (unpaired) electrons. The normalized spacial score (nSPS) is 11.3. The van der Waals surface area contributed by atoms with Crippen LogP contribution >= 0.6 is 0 Å². The molecule has 0 unspecified atom stereocenters. The van der Waals surface area contributed by atoms with E-state index in [9.17, 15) is 0 Å². The van der Waals surface area contributed by atoms with Crippen LogP contribution in [0.25, 0.3) is 10.9 Å². The standard InChI is InChI=1S/C17H27N3/c1-3-4-5-6-7-10-13-20-17-12-9-8-11-15(17)16(19-20)14-18-2/h8-9,11-12,18H,3-7,10,13-14H2,1-2H3. The molecule has 2 rings (SSSR count). The van der Waals surface area contributed by atoms with Crippen LogP contribution in [0.5, 0.6) is 0 Å². The molecule has 0 atom stereocenters. The first kappa shape index (κ1) is 15.0. The van der Waals surface area contributed by atoms with Gasteiger partial charge in [0.2, 0.25) is 0 Å². The van der Waals surface area contributed by atoms with E-state index in [0.717, 1.165) is 18.8 Å². The monoisotopic (exact) mass is 273 g/mol. The molecule has 0 saturated carbocycles. The van der Waals surface area contributed by atoms with Crippen molar-refractivity contribution in [2.75, 3.05) is 7.05 Å². The number of aryl methyl sites for hydroxylation is 1. The highest BCUT2D eigenvalue weighted by Crippen LogP contribution is 2.19. The van der Waals surface area contributed by atoms with Gasteiger partial charge in [0.25, 0.3) is 0 Å². The fraction of sp³-hybridized carbons (Fsp3) is 0.588. The average Bonchev–Trinajstić information content (AvgIpc) is 2.82. The number of nitrogens with zero attached hydrogens (tertiary/aromatic N) is 2. The predicted molar refractivity (Wildman–Crippen MR) is 85.9 cm³/mol. The van der Waals surface area contributed by atoms with E-state index in [0.29, 0.717) is 0 Å². The molecule has 0 bridgehead atoms. The summed E-state index contributed by atoms with van der Waals surface area (Å²) in [5.41, 5.74) is 2.43. The molecular weight excluding hydrogens is 246 g/mol. The number of hydrogen-bond acceptors (Lipinski definition) is 2. The fourth-order valence-corrected chi connectivity index (χ4v) is 2.71. The lowest BCUT2D eigenvalue weighted by molar-refractivity contribution is 0.532. The second kappa shape index (κ2) is 8.05. The maximum absolute atomic E-state index is 4.77. The van der Waals surface area contributed by atoms with Crippen LogP contribution in [0.15, 0.2) is 24.3 Å². The molecule has 20 heavy (non-hydrogen) atoms. The van der Waals surface area contributed by atoms with E-state index in [-0.39, 0.29) is 0 Å². The molecule has 0 amide bonds. The molecule has 0 aliphatic carbocycles. The lowest BCUT2D eigenvalue weighted by Gasteiger charge is -2.03. The third-order valence-electron chi connectivity index (χ3n) is 3.80. The molecule has 0 aliphatic rings. The van der Waals surface area contributed by atoms with E-state index in [4.69, 9.17) is 5.10 Å². The molecule has 1 aromatic heterocycles. The number of hydrogen-bond donors (Lipinski definition) is 1. The highest BCUT2D eigenvalue weighted by molar-refractivity contribution is 5.81. The van der Waals surface area contributed by atoms with Gasteiger partial charge in [0.1, 0.15) is 0 Å². The van der Waals surface area contributed by atoms with E-state index in [2.05, 4.69) is 41.2 Å². The van der Waals surface area contributed by atoms with Gasteiger partial charge in [-0.15, -0.1) is 0 Å². The highest BCUT2D eigenvalue weighted by atomic mass is 15.3. The maximum Gasteiger partial charge on any atom is 0.0841 e. The van der Waals surface area contributed by atoms with Gasteiger partial charge in [-0.2, -0.15) is 5.10 Å². The lowest BCUT2D eigenvalue weighted by atomic mass is 10.1. The Labute approximate surface area is 122 Å². The third kappa shape index (κ3) is 3.83. The van der Waals surface area contributed by atoms with Crippen molar-refractivity contribution in [3.63, 3.8) is 0 Å². The van der Waals surface area contributed by atoms with Crippen molar-refractivity contribution >= 4 is 10.9 Å². The van der Waals surface area contributed by atoms with Crippen molar-refractivity contribution in [3.8, 4) is 0 Å². The second-order valence-corrected chi connectivity index (χ2v) is 5.49. The number of aromatic nitrogens is 2. The Morgan fingerprint density at radius 1 is 1.05 bits per heavy atom. The molecule has 0 spiro atoms. The first-order chi connectivity index (χ1) is 9.86. The molecule has 1 aromatic carbocycles. The Kier molecular flexibility index (Phi) is 6.06. The molecule has 1 N–H and O–H groups in total. The highest BCUT2D eigenvalue weighted by Gasteiger charge is 2.08. The number of rotatable bonds is 9. The summed E-state index contributed by atoms with van der Waals surface area (Å²) in [6, 6.07) is 8.55. The van der Waals surface area contributed by atoms with Crippen molar-refractivity contribution in [2.24, 2.45) is 0 Å². The molecule has 0 aliphatic heterocycles. The van der Waals surface area contributed by atoms with Crippen LogP contribution < -0.4 is 5.32 Å². The van der Waals surface area contributed by atoms with Gasteiger partial charge in [0.05, 0.1) is 11.2 Å². The van der Waals surface area contributed by atoms with Gasteiger partial charge >= 0.3 is 0 Å². The number of benzene rings is 1. The lowest BCUT2D eigenvalue weighted by Crippen LogP contribution is -2.07. The molecule has 3 heteroatoms. The zero-order chi connectivity index (χ0) is 14.2. The molecule has 110 valence electrons. The minimum Gasteiger partial charge on any atom is -0.314 e. The van der Waals surface area contributed by atoms with Crippen LogP contribution in [0.1, 0.15) is 51.1 Å². The maximum atomic E-state index is 4.77. The predicted octanol–water partition coefficient (Wildman–Crippen LogP) is 4.12. The van der Waals surface area contributed by atoms with Crippen molar-refractivity contribution in [1.29, 1.82) is 0 Å². The van der Waals surface area contributed by atoms with E-state index < -0.39 is 0 Å². The van der Waals surface area contributed by atoms with Crippen LogP contribution in [-0.2, 0) is 13.1 Å². The summed E-state index contributed by atoms with van der Waals surface area (Å²) in [5.74, 6) is 0. The molecule has 0 fully saturated rings. The third-order valence-corrected chi connectivity index (χ3v) is 3.80. The molecule has 3 nitrogen and oxygen atoms in total. The van der Waals surface area contributed by atoms with Crippen molar-refractivity contribution in [3.05, 3.63) is 30.0 Å². The summed E-state index contributed by atoms with van der Waals surface area (Å²) < 4.78 is 2.18. The molecule has 1 heterocycles. The van der Waals surface area contributed by atoms with Gasteiger partial charge in [0.15, 0.2) is 0 Å². The van der Waals surface area contributed by atoms with Crippen molar-refractivity contribution < 1.29 is 0 Å². The van der Waals surface area contributed by atoms with Crippen molar-refractivity contribution in [1.82, 2.24) is 15.1 Å². The number of unbranched alkanes of at least 4 members (excludes halogenated alkanes) is 5. The Morgan fingerprint density at radius 3 is 2.60 bits per heavy atom. The van der Waals surface area contributed by atoms with E-state index in [1.165, 1.54) is 49.4 Å². The first-order valence-corrected chi connectivity index (χ1v) is 7.96. The van der Waals surface area contributed by atoms with Gasteiger partial charge < -0.3 is 5.32 Å². The minimum atomic E-state index is 0.837. The Morgan fingerprint density at radius 2 is 1.80 bits per heavy atom. The summed E-state index contributed by atoms with van der Waals surface area (Å²) in [5, 5.41) is 9.26. The van der Waals surface area contributed by atoms with Gasteiger partial charge in [-0.05, 0) is 19.5 Å². The van der Waals surface area contributed by atoms with Crippen LogP contribution in [0.2, 0.25) is 0 Å². The van der Waals surface area contributed by atoms with E-state index >= 15 is 0 Å². The number of nitrogens with one attached hydrogen (secondary N) is 1. The van der Waals surface area contributed by atoms with Crippen LogP contribution in [0.3, 0.4) is 0 Å². The number of para-hydroxylation sites is 1. The van der Waals surface area contributed by atoms with Gasteiger partial charge in [-0.25, -0.2) is 0 Å². The summed E-state index contributed by atoms with van der Waals surface area (Å²) in [4.78, 5) is 0. The summed E-state index contributed by atoms with van der Waals surface area (Å²) in [6.07, 6.45) is 7.97. The minimum absolute atomic E-state index is 0.837. The zero-order valence-electron chi connectivity index (χ0n) is 12.9. The van der Waals surface area contributed by atoms with Gasteiger partial charge in [-0.1, -0.05) is 57.2 Å². The fourth-order valence-electron chi connectivity index (χ4n) is 2.71. The quantitative estimate of drug-likeness (QED) is 0.697. The number of fused-ring (bicyclic) bond motifs is 1. The first-order valence-electron chi connectivity index (χ1n) is 7.96. The smallest absolute Gasteiger partial charge is 0.0841 e. The Balaban J connectivity index is 1.95. The summed E-state index contributed by atoms with van der Waals surface area (Å²) in [6.45, 7) is 4.14. The molecule has 0 saturated heterocycles. The van der Waals surface area contributed by atoms with Crippen molar-refractivity contribution in [2.45, 2.75) is 58.5 Å². The second-order valence-electron chi connectivity index (χ2n) is 5.49. The van der Waals surface area contributed by atoms with Crippen LogP contribution in [-0.4, -0.2) is 16.8 Å². The molecule has 2 aromatic rings. The van der Waals surface area contributed by atoms with Gasteiger partial charge in [-0.3, -0.25) is 4.68 Å². The Hall–Kier alpha value is -1.35. The SMILES string of the molecule is CCCCCCCCn1nc(CNC)c2ccccc21. The zero-order valence-corrected chi connectivity index (χ0v) is 12.9. The van der Waals surface area contributed by atoms with Crippen LogP contribution in [0.4, 0.5) is 0 Å². The topological polar surface area (TPSA) is 29.9 Å². The molecular formula is C17H27N3. The Bertz CT molecular complexity index is 516. The van der Waals surface area contributed by atoms with Gasteiger partial charge in [0, 0.05) is 18.5 Å². The van der Waals surface area contributed by atoms with E-state index in [1.807, 2.05) is 7.05 Å². The largest absolute Gasteiger partial charge is 0.314 e.